The minimum Gasteiger partial charge on any atom is -0.345 e. The Bertz CT molecular complexity index is 1170. The molecule has 0 bridgehead atoms. The zero-order valence-corrected chi connectivity index (χ0v) is 19.0. The van der Waals surface area contributed by atoms with Crippen LogP contribution in [0.25, 0.3) is 0 Å². The molecule has 168 valence electrons. The Morgan fingerprint density at radius 3 is 2.75 bits per heavy atom. The molecule has 2 N–H and O–H groups in total. The zero-order valence-electron chi connectivity index (χ0n) is 17.4. The van der Waals surface area contributed by atoms with E-state index in [-0.39, 0.29) is 12.6 Å². The van der Waals surface area contributed by atoms with Crippen molar-refractivity contribution in [3.63, 3.8) is 0 Å². The standard InChI is InChI=1S/C21H23N5O4S2/c1-32(29,30)26-11-2-5-15-7-8-16(13-17(15)26)24-21(28)20(27)22-14-18(19-6-3-12-31-19)25-10-4-9-23-25/h3-4,6-10,12-13,18H,2,5,11,14H2,1H3,(H,22,27)(H,24,28). The van der Waals surface area contributed by atoms with Crippen molar-refractivity contribution in [1.29, 1.82) is 0 Å². The lowest BCUT2D eigenvalue weighted by Crippen LogP contribution is -2.39. The number of hydrogen-bond donors (Lipinski definition) is 2. The van der Waals surface area contributed by atoms with Crippen molar-refractivity contribution in [2.24, 2.45) is 0 Å². The van der Waals surface area contributed by atoms with E-state index in [1.54, 1.807) is 52.7 Å². The van der Waals surface area contributed by atoms with Crippen molar-refractivity contribution < 1.29 is 18.0 Å². The highest BCUT2D eigenvalue weighted by atomic mass is 32.2. The van der Waals surface area contributed by atoms with Gasteiger partial charge in [-0.2, -0.15) is 5.10 Å². The first-order valence-electron chi connectivity index (χ1n) is 10.1. The third-order valence-electron chi connectivity index (χ3n) is 5.20. The topological polar surface area (TPSA) is 113 Å². The van der Waals surface area contributed by atoms with Gasteiger partial charge in [0, 0.05) is 36.0 Å². The Labute approximate surface area is 190 Å². The lowest BCUT2D eigenvalue weighted by atomic mass is 10.0. The van der Waals surface area contributed by atoms with E-state index in [2.05, 4.69) is 15.7 Å². The minimum absolute atomic E-state index is 0.195. The van der Waals surface area contributed by atoms with Crippen LogP contribution in [0.4, 0.5) is 11.4 Å². The summed E-state index contributed by atoms with van der Waals surface area (Å²) in [5, 5.41) is 11.4. The Morgan fingerprint density at radius 1 is 1.22 bits per heavy atom. The second-order valence-corrected chi connectivity index (χ2v) is 10.3. The number of fused-ring (bicyclic) bond motifs is 1. The van der Waals surface area contributed by atoms with E-state index in [0.29, 0.717) is 17.9 Å². The molecular formula is C21H23N5O4S2. The van der Waals surface area contributed by atoms with Crippen molar-refractivity contribution in [1.82, 2.24) is 15.1 Å². The predicted octanol–water partition coefficient (Wildman–Crippen LogP) is 2.00. The Morgan fingerprint density at radius 2 is 2.06 bits per heavy atom. The molecule has 11 heteroatoms. The van der Waals surface area contributed by atoms with Crippen LogP contribution < -0.4 is 14.9 Å². The second-order valence-electron chi connectivity index (χ2n) is 7.46. The third kappa shape index (κ3) is 4.83. The smallest absolute Gasteiger partial charge is 0.313 e. The molecule has 0 spiro atoms. The molecule has 0 saturated heterocycles. The first kappa shape index (κ1) is 22.0. The quantitative estimate of drug-likeness (QED) is 0.532. The maximum atomic E-state index is 12.5. The van der Waals surface area contributed by atoms with Crippen molar-refractivity contribution in [2.45, 2.75) is 18.9 Å². The number of nitrogens with zero attached hydrogens (tertiary/aromatic N) is 3. The first-order valence-corrected chi connectivity index (χ1v) is 12.8. The average Bonchev–Trinajstić information content (AvgIpc) is 3.47. The molecule has 0 radical (unpaired) electrons. The van der Waals surface area contributed by atoms with Gasteiger partial charge in [0.25, 0.3) is 0 Å². The molecule has 0 fully saturated rings. The highest BCUT2D eigenvalue weighted by Crippen LogP contribution is 2.31. The number of benzene rings is 1. The van der Waals surface area contributed by atoms with E-state index in [9.17, 15) is 18.0 Å². The summed E-state index contributed by atoms with van der Waals surface area (Å²) in [5.74, 6) is -1.60. The summed E-state index contributed by atoms with van der Waals surface area (Å²) in [6.07, 6.45) is 6.11. The van der Waals surface area contributed by atoms with Gasteiger partial charge in [-0.05, 0) is 48.1 Å². The molecule has 4 rings (SSSR count). The number of carbonyl (C=O) groups is 2. The maximum absolute atomic E-state index is 12.5. The van der Waals surface area contributed by atoms with E-state index in [4.69, 9.17) is 0 Å². The number of amides is 2. The number of nitrogens with one attached hydrogen (secondary N) is 2. The molecule has 0 aliphatic carbocycles. The van der Waals surface area contributed by atoms with E-state index in [1.807, 2.05) is 17.5 Å². The highest BCUT2D eigenvalue weighted by molar-refractivity contribution is 7.92. The van der Waals surface area contributed by atoms with Gasteiger partial charge in [-0.1, -0.05) is 12.1 Å². The fourth-order valence-corrected chi connectivity index (χ4v) is 5.50. The van der Waals surface area contributed by atoms with Gasteiger partial charge in [-0.3, -0.25) is 18.6 Å². The van der Waals surface area contributed by atoms with Gasteiger partial charge in [-0.15, -0.1) is 11.3 Å². The van der Waals surface area contributed by atoms with Crippen LogP contribution in [-0.2, 0) is 26.0 Å². The number of hydrogen-bond acceptors (Lipinski definition) is 6. The fourth-order valence-electron chi connectivity index (χ4n) is 3.69. The molecule has 1 unspecified atom stereocenters. The van der Waals surface area contributed by atoms with Crippen molar-refractivity contribution in [2.75, 3.05) is 29.0 Å². The number of rotatable bonds is 6. The number of anilines is 2. The molecule has 1 aromatic carbocycles. The van der Waals surface area contributed by atoms with E-state index < -0.39 is 21.8 Å². The Balaban J connectivity index is 1.43. The highest BCUT2D eigenvalue weighted by Gasteiger charge is 2.25. The van der Waals surface area contributed by atoms with Crippen LogP contribution in [0.5, 0.6) is 0 Å². The maximum Gasteiger partial charge on any atom is 0.313 e. The summed E-state index contributed by atoms with van der Waals surface area (Å²) in [6.45, 7) is 0.585. The van der Waals surface area contributed by atoms with Crippen LogP contribution in [-0.4, -0.2) is 49.4 Å². The van der Waals surface area contributed by atoms with Crippen LogP contribution in [0.2, 0.25) is 0 Å². The number of aromatic nitrogens is 2. The molecule has 0 saturated carbocycles. The molecule has 32 heavy (non-hydrogen) atoms. The molecule has 2 amide bonds. The molecule has 1 aliphatic heterocycles. The van der Waals surface area contributed by atoms with Gasteiger partial charge < -0.3 is 10.6 Å². The zero-order chi connectivity index (χ0) is 22.7. The monoisotopic (exact) mass is 473 g/mol. The van der Waals surface area contributed by atoms with Crippen molar-refractivity contribution >= 4 is 44.5 Å². The largest absolute Gasteiger partial charge is 0.345 e. The van der Waals surface area contributed by atoms with Gasteiger partial charge in [0.2, 0.25) is 10.0 Å². The van der Waals surface area contributed by atoms with Crippen LogP contribution >= 0.6 is 11.3 Å². The first-order chi connectivity index (χ1) is 15.3. The lowest BCUT2D eigenvalue weighted by Gasteiger charge is -2.29. The lowest BCUT2D eigenvalue weighted by molar-refractivity contribution is -0.136. The molecule has 2 aromatic heterocycles. The number of aryl methyl sites for hydroxylation is 1. The molecule has 1 atom stereocenters. The molecule has 9 nitrogen and oxygen atoms in total. The van der Waals surface area contributed by atoms with E-state index >= 15 is 0 Å². The average molecular weight is 474 g/mol. The van der Waals surface area contributed by atoms with E-state index in [1.165, 1.54) is 4.31 Å². The number of thiophene rings is 1. The van der Waals surface area contributed by atoms with E-state index in [0.717, 1.165) is 29.5 Å². The van der Waals surface area contributed by atoms with Crippen LogP contribution in [0.3, 0.4) is 0 Å². The van der Waals surface area contributed by atoms with Gasteiger partial charge in [-0.25, -0.2) is 8.42 Å². The van der Waals surface area contributed by atoms with Gasteiger partial charge in [0.05, 0.1) is 11.9 Å². The second kappa shape index (κ2) is 9.13. The summed E-state index contributed by atoms with van der Waals surface area (Å²) < 4.78 is 27.3. The van der Waals surface area contributed by atoms with Crippen LogP contribution in [0.15, 0.2) is 54.2 Å². The summed E-state index contributed by atoms with van der Waals surface area (Å²) in [6, 6.07) is 10.5. The number of carbonyl (C=O) groups excluding carboxylic acids is 2. The number of sulfonamides is 1. The molecular weight excluding hydrogens is 450 g/mol. The summed E-state index contributed by atoms with van der Waals surface area (Å²) in [7, 11) is -3.43. The SMILES string of the molecule is CS(=O)(=O)N1CCCc2ccc(NC(=O)C(=O)NCC(c3cccs3)n3cccn3)cc21. The van der Waals surface area contributed by atoms with Gasteiger partial charge >= 0.3 is 11.8 Å². The molecule has 3 aromatic rings. The summed E-state index contributed by atoms with van der Waals surface area (Å²) in [4.78, 5) is 25.9. The molecule has 3 heterocycles. The minimum atomic E-state index is -3.43. The predicted molar refractivity (Wildman–Crippen MR) is 123 cm³/mol. The van der Waals surface area contributed by atoms with Gasteiger partial charge in [0.15, 0.2) is 0 Å². The summed E-state index contributed by atoms with van der Waals surface area (Å²) >= 11 is 1.54. The Kier molecular flexibility index (Phi) is 6.28. The normalized spacial score (nSPS) is 14.5. The molecule has 1 aliphatic rings. The van der Waals surface area contributed by atoms with Crippen LogP contribution in [0, 0.1) is 0 Å². The van der Waals surface area contributed by atoms with Crippen molar-refractivity contribution in [3.05, 3.63) is 64.6 Å². The Hall–Kier alpha value is -3.18. The van der Waals surface area contributed by atoms with Crippen LogP contribution in [0.1, 0.15) is 22.9 Å². The van der Waals surface area contributed by atoms with Crippen molar-refractivity contribution in [3.8, 4) is 0 Å². The fraction of sp³-hybridized carbons (Fsp3) is 0.286. The van der Waals surface area contributed by atoms with Gasteiger partial charge in [0.1, 0.15) is 6.04 Å². The third-order valence-corrected chi connectivity index (χ3v) is 7.35. The summed E-state index contributed by atoms with van der Waals surface area (Å²) in [5.41, 5.74) is 1.79.